The van der Waals surface area contributed by atoms with Crippen LogP contribution >= 0.6 is 0 Å². The molecule has 0 N–H and O–H groups in total. The SMILES string of the molecule is CCCC[N+](CCCC)(CCCC)CCCC.Cc1ccc(S(=O)(=O)[N-]CCN(CC[N-]S(=O)(=O)c2ccc(C)cc2)CC[N-]S(=O)(=O)c2ccc(C)cc2)cc1.[Co+3]. The summed E-state index contributed by atoms with van der Waals surface area (Å²) in [5, 5.41) is 0. The molecule has 0 aliphatic rings. The molecule has 0 saturated heterocycles. The van der Waals surface area contributed by atoms with Gasteiger partial charge in [0.25, 0.3) is 0 Å². The van der Waals surface area contributed by atoms with Gasteiger partial charge in [0.15, 0.2) is 0 Å². The minimum Gasteiger partial charge on any atom is -0.544 e. The average Bonchev–Trinajstić information content (AvgIpc) is 3.18. The van der Waals surface area contributed by atoms with E-state index in [0.29, 0.717) is 0 Å². The maximum absolute atomic E-state index is 12.6. The van der Waals surface area contributed by atoms with Gasteiger partial charge in [-0.3, -0.25) is 0 Å². The first kappa shape index (κ1) is 53.8. The molecule has 0 amide bonds. The van der Waals surface area contributed by atoms with Crippen LogP contribution in [0, 0.1) is 20.8 Å². The van der Waals surface area contributed by atoms with E-state index in [4.69, 9.17) is 0 Å². The quantitative estimate of drug-likeness (QED) is 0.0693. The Balaban J connectivity index is 0.000000790. The molecular weight excluding hydrogens is 838 g/mol. The molecule has 0 atom stereocenters. The van der Waals surface area contributed by atoms with Gasteiger partial charge < -0.3 is 23.5 Å². The molecule has 3 aromatic rings. The molecule has 0 aliphatic heterocycles. The molecule has 0 aromatic heterocycles. The number of sulfonamides is 3. The van der Waals surface area contributed by atoms with Crippen molar-refractivity contribution < 1.29 is 46.5 Å². The van der Waals surface area contributed by atoms with Crippen LogP contribution < -0.4 is 0 Å². The molecule has 3 rings (SSSR count). The van der Waals surface area contributed by atoms with Crippen LogP contribution in [0.1, 0.15) is 95.8 Å². The van der Waals surface area contributed by atoms with Crippen molar-refractivity contribution in [2.24, 2.45) is 0 Å². The minimum absolute atomic E-state index is 0. The Labute approximate surface area is 363 Å². The summed E-state index contributed by atoms with van der Waals surface area (Å²) >= 11 is 0. The van der Waals surface area contributed by atoms with Gasteiger partial charge in [-0.05, 0) is 102 Å². The van der Waals surface area contributed by atoms with Gasteiger partial charge in [-0.15, -0.1) is 19.6 Å². The summed E-state index contributed by atoms with van der Waals surface area (Å²) in [6.07, 6.45) is 11.1. The summed E-state index contributed by atoms with van der Waals surface area (Å²) in [4.78, 5) is 1.91. The Morgan fingerprint density at radius 1 is 0.431 bits per heavy atom. The Kier molecular flexibility index (Phi) is 25.6. The van der Waals surface area contributed by atoms with E-state index in [1.807, 2.05) is 20.8 Å². The van der Waals surface area contributed by atoms with Crippen molar-refractivity contribution in [3.63, 3.8) is 0 Å². The van der Waals surface area contributed by atoms with Crippen LogP contribution in [-0.4, -0.2) is 100 Å². The van der Waals surface area contributed by atoms with Crippen molar-refractivity contribution >= 4 is 30.1 Å². The van der Waals surface area contributed by atoms with Crippen molar-refractivity contribution in [3.05, 3.63) is 104 Å². The van der Waals surface area contributed by atoms with Gasteiger partial charge in [0.05, 0.1) is 26.2 Å². The first-order valence-corrected chi connectivity index (χ1v) is 24.9. The summed E-state index contributed by atoms with van der Waals surface area (Å²) in [5.41, 5.74) is 2.75. The van der Waals surface area contributed by atoms with Crippen LogP contribution in [-0.2, 0) is 46.8 Å². The molecule has 58 heavy (non-hydrogen) atoms. The Hall–Kier alpha value is -2.18. The van der Waals surface area contributed by atoms with Gasteiger partial charge in [-0.2, -0.15) is 0 Å². The van der Waals surface area contributed by atoms with Gasteiger partial charge in [0, 0.05) is 14.7 Å². The number of rotatable bonds is 27. The normalized spacial score (nSPS) is 12.2. The van der Waals surface area contributed by atoms with E-state index in [0.717, 1.165) is 16.7 Å². The smallest absolute Gasteiger partial charge is 0.544 e. The summed E-state index contributed by atoms with van der Waals surface area (Å²) in [6, 6.07) is 19.0. The fourth-order valence-corrected chi connectivity index (χ4v) is 9.10. The molecule has 0 heterocycles. The van der Waals surface area contributed by atoms with Crippen LogP contribution in [0.4, 0.5) is 0 Å². The van der Waals surface area contributed by atoms with E-state index in [-0.39, 0.29) is 70.7 Å². The Morgan fingerprint density at radius 2 is 0.655 bits per heavy atom. The predicted octanol–water partition coefficient (Wildman–Crippen LogP) is 9.50. The zero-order chi connectivity index (χ0) is 42.4. The van der Waals surface area contributed by atoms with Crippen LogP contribution in [0.25, 0.3) is 14.2 Å². The zero-order valence-electron chi connectivity index (χ0n) is 35.9. The minimum atomic E-state index is -3.88. The molecule has 0 aliphatic carbocycles. The van der Waals surface area contributed by atoms with Crippen LogP contribution in [0.2, 0.25) is 0 Å². The van der Waals surface area contributed by atoms with Crippen molar-refractivity contribution in [1.29, 1.82) is 0 Å². The second-order valence-corrected chi connectivity index (χ2v) is 20.0. The largest absolute Gasteiger partial charge is 3.00 e. The fraction of sp³-hybridized carbons (Fsp3) is 0.581. The number of unbranched alkanes of at least 4 members (excludes halogenated alkanes) is 4. The number of benzene rings is 3. The van der Waals surface area contributed by atoms with E-state index in [1.165, 1.54) is 118 Å². The number of hydrogen-bond acceptors (Lipinski definition) is 7. The molecule has 3 aromatic carbocycles. The Morgan fingerprint density at radius 3 is 0.862 bits per heavy atom. The molecule has 0 saturated carbocycles. The molecule has 328 valence electrons. The molecule has 15 heteroatoms. The first-order valence-electron chi connectivity index (χ1n) is 20.6. The monoisotopic (exact) mass is 906 g/mol. The third kappa shape index (κ3) is 19.9. The molecular formula is C43H69CoN5O6S3+. The van der Waals surface area contributed by atoms with Crippen molar-refractivity contribution in [3.8, 4) is 0 Å². The second-order valence-electron chi connectivity index (χ2n) is 14.9. The molecule has 0 unspecified atom stereocenters. The zero-order valence-corrected chi connectivity index (χ0v) is 39.4. The Bertz CT molecular complexity index is 1660. The topological polar surface area (TPSA) is 148 Å². The molecule has 0 fully saturated rings. The fourth-order valence-electron chi connectivity index (χ4n) is 6.24. The summed E-state index contributed by atoms with van der Waals surface area (Å²) < 4.78 is 88.6. The summed E-state index contributed by atoms with van der Waals surface area (Å²) in [5.74, 6) is 0. The number of hydrogen-bond donors (Lipinski definition) is 0. The molecule has 11 nitrogen and oxygen atoms in total. The predicted molar refractivity (Wildman–Crippen MR) is 236 cm³/mol. The standard InChI is InChI=1S/C27H33N4O6S3.C16H36N.Co/c1-22-4-10-25(11-5-22)38(32,33)28-16-19-31(20-17-29-39(34,35)26-12-6-23(2)7-13-26)21-18-30-40(36,37)27-14-8-24(3)9-15-27;1-5-9-13-17(14-10-6-2,15-11-7-3)16-12-8-4;/h4-15H,16-21H2,1-3H3;5-16H2,1-4H3;/q-3;+1;+3. The molecule has 0 spiro atoms. The van der Waals surface area contributed by atoms with E-state index in [1.54, 1.807) is 41.3 Å². The van der Waals surface area contributed by atoms with Gasteiger partial charge in [-0.25, -0.2) is 25.3 Å². The van der Waals surface area contributed by atoms with Gasteiger partial charge in [0.2, 0.25) is 0 Å². The van der Waals surface area contributed by atoms with Crippen molar-refractivity contribution in [2.75, 3.05) is 65.4 Å². The third-order valence-corrected chi connectivity index (χ3v) is 14.1. The van der Waals surface area contributed by atoms with E-state index >= 15 is 0 Å². The van der Waals surface area contributed by atoms with Crippen LogP contribution in [0.15, 0.2) is 87.5 Å². The van der Waals surface area contributed by atoms with E-state index in [2.05, 4.69) is 41.9 Å². The third-order valence-electron chi connectivity index (χ3n) is 9.93. The summed E-state index contributed by atoms with van der Waals surface area (Å²) in [7, 11) is -11.6. The first-order chi connectivity index (χ1) is 27.0. The van der Waals surface area contributed by atoms with Gasteiger partial charge >= 0.3 is 16.8 Å². The molecule has 0 radical (unpaired) electrons. The van der Waals surface area contributed by atoms with Crippen molar-refractivity contribution in [1.82, 2.24) is 4.90 Å². The van der Waals surface area contributed by atoms with Gasteiger partial charge in [-0.1, -0.05) is 106 Å². The number of quaternary nitrogens is 1. The van der Waals surface area contributed by atoms with E-state index in [9.17, 15) is 25.3 Å². The van der Waals surface area contributed by atoms with Crippen molar-refractivity contribution in [2.45, 2.75) is 115 Å². The second kappa shape index (κ2) is 27.6. The average molecular weight is 907 g/mol. The number of nitrogens with zero attached hydrogens (tertiary/aromatic N) is 5. The van der Waals surface area contributed by atoms with E-state index < -0.39 is 30.1 Å². The maximum Gasteiger partial charge on any atom is 3.00 e. The van der Waals surface area contributed by atoms with Crippen LogP contribution in [0.3, 0.4) is 0 Å². The van der Waals surface area contributed by atoms with Crippen LogP contribution in [0.5, 0.6) is 0 Å². The maximum atomic E-state index is 12.6. The summed E-state index contributed by atoms with van der Waals surface area (Å²) in [6.45, 7) is 20.6. The van der Waals surface area contributed by atoms with Gasteiger partial charge in [0.1, 0.15) is 30.1 Å². The number of aryl methyl sites for hydroxylation is 3. The molecule has 0 bridgehead atoms.